The highest BCUT2D eigenvalue weighted by molar-refractivity contribution is 5.64. The van der Waals surface area contributed by atoms with Crippen molar-refractivity contribution in [1.29, 1.82) is 0 Å². The number of aryl methyl sites for hydroxylation is 2. The van der Waals surface area contributed by atoms with Gasteiger partial charge in [0.25, 0.3) is 0 Å². The summed E-state index contributed by atoms with van der Waals surface area (Å²) < 4.78 is 7.33. The van der Waals surface area contributed by atoms with Crippen molar-refractivity contribution in [2.24, 2.45) is 13.0 Å². The van der Waals surface area contributed by atoms with Crippen molar-refractivity contribution in [2.75, 3.05) is 30.8 Å². The second-order valence-electron chi connectivity index (χ2n) is 4.94. The molecule has 0 radical (unpaired) electrons. The molecule has 1 aromatic heterocycles. The first-order valence-electron chi connectivity index (χ1n) is 6.69. The smallest absolute Gasteiger partial charge is 0.147 e. The fourth-order valence-corrected chi connectivity index (χ4v) is 1.77. The summed E-state index contributed by atoms with van der Waals surface area (Å²) in [6, 6.07) is 0. The van der Waals surface area contributed by atoms with Crippen molar-refractivity contribution in [3.8, 4) is 0 Å². The summed E-state index contributed by atoms with van der Waals surface area (Å²) in [5.41, 5.74) is 7.74. The average molecular weight is 254 g/mol. The van der Waals surface area contributed by atoms with Crippen LogP contribution in [0, 0.1) is 5.92 Å². The number of nitrogens with one attached hydrogen (secondary N) is 1. The van der Waals surface area contributed by atoms with Crippen LogP contribution in [0.15, 0.2) is 0 Å². The van der Waals surface area contributed by atoms with Crippen LogP contribution in [0.25, 0.3) is 0 Å². The summed E-state index contributed by atoms with van der Waals surface area (Å²) >= 11 is 0. The predicted molar refractivity (Wildman–Crippen MR) is 75.8 cm³/mol. The molecule has 0 saturated carbocycles. The van der Waals surface area contributed by atoms with Gasteiger partial charge < -0.3 is 15.8 Å². The first-order valence-corrected chi connectivity index (χ1v) is 6.69. The van der Waals surface area contributed by atoms with Gasteiger partial charge in [-0.3, -0.25) is 4.68 Å². The van der Waals surface area contributed by atoms with Crippen LogP contribution in [0.2, 0.25) is 0 Å². The summed E-state index contributed by atoms with van der Waals surface area (Å²) in [5, 5.41) is 7.68. The molecule has 0 aliphatic rings. The van der Waals surface area contributed by atoms with E-state index in [0.29, 0.717) is 5.92 Å². The number of rotatable bonds is 8. The number of aromatic nitrogens is 2. The van der Waals surface area contributed by atoms with E-state index in [0.717, 1.165) is 49.8 Å². The fourth-order valence-electron chi connectivity index (χ4n) is 1.77. The molecule has 0 amide bonds. The van der Waals surface area contributed by atoms with Crippen molar-refractivity contribution in [2.45, 2.75) is 33.6 Å². The van der Waals surface area contributed by atoms with Crippen molar-refractivity contribution in [1.82, 2.24) is 9.78 Å². The van der Waals surface area contributed by atoms with Gasteiger partial charge in [0, 0.05) is 26.8 Å². The molecule has 104 valence electrons. The zero-order valence-electron chi connectivity index (χ0n) is 12.0. The van der Waals surface area contributed by atoms with Gasteiger partial charge in [-0.2, -0.15) is 5.10 Å². The number of nitrogens with two attached hydrogens (primary N) is 1. The summed E-state index contributed by atoms with van der Waals surface area (Å²) in [5.74, 6) is 1.51. The summed E-state index contributed by atoms with van der Waals surface area (Å²) in [4.78, 5) is 0. The van der Waals surface area contributed by atoms with Crippen molar-refractivity contribution in [3.63, 3.8) is 0 Å². The molecule has 0 unspecified atom stereocenters. The number of anilines is 2. The molecule has 1 rings (SSSR count). The normalized spacial score (nSPS) is 11.2. The zero-order valence-corrected chi connectivity index (χ0v) is 12.0. The van der Waals surface area contributed by atoms with E-state index in [1.54, 1.807) is 0 Å². The van der Waals surface area contributed by atoms with Crippen molar-refractivity contribution >= 4 is 11.5 Å². The lowest BCUT2D eigenvalue weighted by molar-refractivity contribution is 0.110. The summed E-state index contributed by atoms with van der Waals surface area (Å²) in [6.07, 6.45) is 1.83. The van der Waals surface area contributed by atoms with Gasteiger partial charge in [0.2, 0.25) is 0 Å². The van der Waals surface area contributed by atoms with Crippen molar-refractivity contribution in [3.05, 3.63) is 5.69 Å². The van der Waals surface area contributed by atoms with E-state index in [2.05, 4.69) is 31.2 Å². The average Bonchev–Trinajstić information content (AvgIpc) is 2.59. The van der Waals surface area contributed by atoms with Gasteiger partial charge in [-0.25, -0.2) is 0 Å². The van der Waals surface area contributed by atoms with E-state index in [-0.39, 0.29) is 0 Å². The predicted octanol–water partition coefficient (Wildman–Crippen LogP) is 2.04. The molecule has 0 spiro atoms. The standard InChI is InChI=1S/C13H26N4O/c1-5-11-12(14)13(17(4)16-11)15-7-6-8-18-9-10(2)3/h10,15H,5-9,14H2,1-4H3. The van der Waals surface area contributed by atoms with Gasteiger partial charge in [-0.05, 0) is 18.8 Å². The van der Waals surface area contributed by atoms with E-state index >= 15 is 0 Å². The van der Waals surface area contributed by atoms with Crippen LogP contribution in [-0.2, 0) is 18.2 Å². The van der Waals surface area contributed by atoms with Crippen LogP contribution in [0.3, 0.4) is 0 Å². The molecular formula is C13H26N4O. The molecule has 1 aromatic rings. The number of ether oxygens (including phenoxy) is 1. The van der Waals surface area contributed by atoms with Gasteiger partial charge in [0.1, 0.15) is 5.82 Å². The van der Waals surface area contributed by atoms with Crippen molar-refractivity contribution < 1.29 is 4.74 Å². The Kier molecular flexibility index (Phi) is 5.98. The maximum atomic E-state index is 6.02. The van der Waals surface area contributed by atoms with Crippen LogP contribution < -0.4 is 11.1 Å². The zero-order chi connectivity index (χ0) is 13.5. The number of hydrogen-bond donors (Lipinski definition) is 2. The Morgan fingerprint density at radius 3 is 2.72 bits per heavy atom. The second kappa shape index (κ2) is 7.26. The van der Waals surface area contributed by atoms with E-state index in [1.807, 2.05) is 11.7 Å². The molecule has 0 aliphatic carbocycles. The summed E-state index contributed by atoms with van der Waals surface area (Å²) in [7, 11) is 1.91. The molecule has 0 saturated heterocycles. The molecule has 0 aliphatic heterocycles. The Bertz CT molecular complexity index is 360. The quantitative estimate of drug-likeness (QED) is 0.697. The number of nitrogens with zero attached hydrogens (tertiary/aromatic N) is 2. The highest BCUT2D eigenvalue weighted by atomic mass is 16.5. The maximum Gasteiger partial charge on any atom is 0.147 e. The van der Waals surface area contributed by atoms with Gasteiger partial charge >= 0.3 is 0 Å². The third-order valence-electron chi connectivity index (χ3n) is 2.70. The van der Waals surface area contributed by atoms with Crippen LogP contribution >= 0.6 is 0 Å². The second-order valence-corrected chi connectivity index (χ2v) is 4.94. The molecule has 3 N–H and O–H groups in total. The molecule has 5 nitrogen and oxygen atoms in total. The number of nitrogen functional groups attached to an aromatic ring is 1. The minimum Gasteiger partial charge on any atom is -0.394 e. The molecular weight excluding hydrogens is 228 g/mol. The topological polar surface area (TPSA) is 65.1 Å². The Balaban J connectivity index is 2.29. The Hall–Kier alpha value is -1.23. The van der Waals surface area contributed by atoms with Crippen LogP contribution in [0.4, 0.5) is 11.5 Å². The molecule has 5 heteroatoms. The molecule has 0 aromatic carbocycles. The van der Waals surface area contributed by atoms with Gasteiger partial charge in [0.05, 0.1) is 11.4 Å². The highest BCUT2D eigenvalue weighted by Crippen LogP contribution is 2.21. The number of hydrogen-bond acceptors (Lipinski definition) is 4. The fraction of sp³-hybridized carbons (Fsp3) is 0.769. The van der Waals surface area contributed by atoms with E-state index < -0.39 is 0 Å². The van der Waals surface area contributed by atoms with Crippen LogP contribution in [0.5, 0.6) is 0 Å². The molecule has 0 atom stereocenters. The summed E-state index contributed by atoms with van der Waals surface area (Å²) in [6.45, 7) is 8.83. The third-order valence-corrected chi connectivity index (χ3v) is 2.70. The van der Waals surface area contributed by atoms with Gasteiger partial charge in [-0.15, -0.1) is 0 Å². The highest BCUT2D eigenvalue weighted by Gasteiger charge is 2.10. The molecule has 1 heterocycles. The van der Waals surface area contributed by atoms with Gasteiger partial charge in [-0.1, -0.05) is 20.8 Å². The van der Waals surface area contributed by atoms with Crippen LogP contribution in [0.1, 0.15) is 32.9 Å². The largest absolute Gasteiger partial charge is 0.394 e. The lowest BCUT2D eigenvalue weighted by Gasteiger charge is -2.09. The monoisotopic (exact) mass is 254 g/mol. The van der Waals surface area contributed by atoms with Crippen LogP contribution in [-0.4, -0.2) is 29.5 Å². The van der Waals surface area contributed by atoms with Gasteiger partial charge in [0.15, 0.2) is 0 Å². The molecule has 0 bridgehead atoms. The Labute approximate surface area is 110 Å². The van der Waals surface area contributed by atoms with E-state index in [4.69, 9.17) is 10.5 Å². The minimum atomic E-state index is 0.595. The maximum absolute atomic E-state index is 6.02. The SMILES string of the molecule is CCc1nn(C)c(NCCCOCC(C)C)c1N. The molecule has 0 fully saturated rings. The Morgan fingerprint density at radius 1 is 1.44 bits per heavy atom. The first-order chi connectivity index (χ1) is 8.56. The van der Waals surface area contributed by atoms with E-state index in [9.17, 15) is 0 Å². The minimum absolute atomic E-state index is 0.595. The lowest BCUT2D eigenvalue weighted by Crippen LogP contribution is -2.11. The Morgan fingerprint density at radius 2 is 2.17 bits per heavy atom. The third kappa shape index (κ3) is 4.22. The first kappa shape index (κ1) is 14.8. The van der Waals surface area contributed by atoms with E-state index in [1.165, 1.54) is 0 Å². The lowest BCUT2D eigenvalue weighted by atomic mass is 10.2. The molecule has 18 heavy (non-hydrogen) atoms.